The monoisotopic (exact) mass is 233 g/mol. The molecule has 0 radical (unpaired) electrons. The Kier molecular flexibility index (Phi) is 3.72. The van der Waals surface area contributed by atoms with Crippen molar-refractivity contribution >= 4 is 0 Å². The highest BCUT2D eigenvalue weighted by atomic mass is 16.5. The largest absolute Gasteiger partial charge is 0.487 e. The number of hydrogen-bond acceptors (Lipinski definition) is 2. The molecule has 0 aromatic heterocycles. The third-order valence-electron chi connectivity index (χ3n) is 3.52. The molecular weight excluding hydrogens is 210 g/mol. The zero-order chi connectivity index (χ0) is 12.3. The molecule has 1 aliphatic rings. The van der Waals surface area contributed by atoms with Crippen LogP contribution in [-0.4, -0.2) is 12.1 Å². The first kappa shape index (κ1) is 12.4. The Morgan fingerprint density at radius 2 is 2.12 bits per heavy atom. The number of rotatable bonds is 4. The van der Waals surface area contributed by atoms with Gasteiger partial charge in [0, 0.05) is 18.0 Å². The maximum absolute atomic E-state index is 6.20. The average molecular weight is 233 g/mol. The third-order valence-corrected chi connectivity index (χ3v) is 3.52. The van der Waals surface area contributed by atoms with E-state index in [0.717, 1.165) is 31.6 Å². The van der Waals surface area contributed by atoms with Crippen molar-refractivity contribution < 1.29 is 4.74 Å². The lowest BCUT2D eigenvalue weighted by Gasteiger charge is -2.40. The first-order chi connectivity index (χ1) is 8.18. The highest BCUT2D eigenvalue weighted by Gasteiger charge is 2.35. The Morgan fingerprint density at radius 1 is 1.35 bits per heavy atom. The predicted octanol–water partition coefficient (Wildman–Crippen LogP) is 3.68. The molecule has 0 aliphatic carbocycles. The quantitative estimate of drug-likeness (QED) is 0.856. The van der Waals surface area contributed by atoms with Gasteiger partial charge < -0.3 is 10.1 Å². The van der Waals surface area contributed by atoms with Gasteiger partial charge in [0.1, 0.15) is 11.4 Å². The molecule has 2 atom stereocenters. The molecule has 1 heterocycles. The van der Waals surface area contributed by atoms with Gasteiger partial charge in [0.15, 0.2) is 0 Å². The normalized spacial score (nSPS) is 27.4. The molecule has 0 saturated carbocycles. The minimum Gasteiger partial charge on any atom is -0.487 e. The van der Waals surface area contributed by atoms with E-state index in [2.05, 4.69) is 50.4 Å². The van der Waals surface area contributed by atoms with E-state index >= 15 is 0 Å². The fraction of sp³-hybridized carbons (Fsp3) is 0.600. The smallest absolute Gasteiger partial charge is 0.124 e. The summed E-state index contributed by atoms with van der Waals surface area (Å²) < 4.78 is 6.20. The standard InChI is InChI=1S/C15H23NO/c1-4-10-15(3)11-13(16-5-2)12-8-6-7-9-14(12)17-15/h6-9,13,16H,4-5,10-11H2,1-3H3. The summed E-state index contributed by atoms with van der Waals surface area (Å²) in [6.07, 6.45) is 3.34. The van der Waals surface area contributed by atoms with Crippen LogP contribution in [0.3, 0.4) is 0 Å². The second kappa shape index (κ2) is 5.09. The van der Waals surface area contributed by atoms with Crippen molar-refractivity contribution in [2.45, 2.75) is 51.7 Å². The Balaban J connectivity index is 2.29. The molecule has 0 spiro atoms. The highest BCUT2D eigenvalue weighted by Crippen LogP contribution is 2.41. The van der Waals surface area contributed by atoms with E-state index in [1.807, 2.05) is 0 Å². The number of para-hydroxylation sites is 1. The van der Waals surface area contributed by atoms with Crippen molar-refractivity contribution in [3.05, 3.63) is 29.8 Å². The highest BCUT2D eigenvalue weighted by molar-refractivity contribution is 5.38. The van der Waals surface area contributed by atoms with Crippen molar-refractivity contribution in [3.63, 3.8) is 0 Å². The van der Waals surface area contributed by atoms with E-state index in [9.17, 15) is 0 Å². The summed E-state index contributed by atoms with van der Waals surface area (Å²) in [5.41, 5.74) is 1.29. The maximum Gasteiger partial charge on any atom is 0.124 e. The Morgan fingerprint density at radius 3 is 2.82 bits per heavy atom. The van der Waals surface area contributed by atoms with Crippen molar-refractivity contribution in [3.8, 4) is 5.75 Å². The van der Waals surface area contributed by atoms with Crippen LogP contribution in [-0.2, 0) is 0 Å². The maximum atomic E-state index is 6.20. The Bertz CT molecular complexity index is 377. The van der Waals surface area contributed by atoms with Crippen LogP contribution in [0.5, 0.6) is 5.75 Å². The Labute approximate surface area is 104 Å². The zero-order valence-corrected chi connectivity index (χ0v) is 11.1. The number of hydrogen-bond donors (Lipinski definition) is 1. The van der Waals surface area contributed by atoms with Gasteiger partial charge in [0.25, 0.3) is 0 Å². The average Bonchev–Trinajstić information content (AvgIpc) is 2.29. The topological polar surface area (TPSA) is 21.3 Å². The summed E-state index contributed by atoms with van der Waals surface area (Å²) in [6, 6.07) is 8.84. The fourth-order valence-corrected chi connectivity index (χ4v) is 2.82. The molecule has 94 valence electrons. The van der Waals surface area contributed by atoms with Gasteiger partial charge in [0.05, 0.1) is 0 Å². The minimum atomic E-state index is -0.0179. The van der Waals surface area contributed by atoms with E-state index in [1.54, 1.807) is 0 Å². The molecule has 2 nitrogen and oxygen atoms in total. The van der Waals surface area contributed by atoms with Crippen LogP contribution in [0.2, 0.25) is 0 Å². The summed E-state index contributed by atoms with van der Waals surface area (Å²) in [5.74, 6) is 1.06. The van der Waals surface area contributed by atoms with E-state index in [1.165, 1.54) is 5.56 Å². The molecule has 17 heavy (non-hydrogen) atoms. The summed E-state index contributed by atoms with van der Waals surface area (Å²) in [6.45, 7) is 7.62. The summed E-state index contributed by atoms with van der Waals surface area (Å²) in [7, 11) is 0. The molecular formula is C15H23NO. The van der Waals surface area contributed by atoms with Gasteiger partial charge in [-0.05, 0) is 26.0 Å². The molecule has 1 aliphatic heterocycles. The molecule has 2 rings (SSSR count). The second-order valence-corrected chi connectivity index (χ2v) is 5.15. The first-order valence-electron chi connectivity index (χ1n) is 6.70. The number of benzene rings is 1. The Hall–Kier alpha value is -1.02. The molecule has 0 fully saturated rings. The van der Waals surface area contributed by atoms with Gasteiger partial charge in [-0.15, -0.1) is 0 Å². The lowest BCUT2D eigenvalue weighted by atomic mass is 9.85. The molecule has 1 N–H and O–H groups in total. The van der Waals surface area contributed by atoms with Crippen LogP contribution in [0.4, 0.5) is 0 Å². The summed E-state index contributed by atoms with van der Waals surface area (Å²) in [4.78, 5) is 0. The van der Waals surface area contributed by atoms with Gasteiger partial charge in [0.2, 0.25) is 0 Å². The van der Waals surface area contributed by atoms with Crippen molar-refractivity contribution in [2.75, 3.05) is 6.54 Å². The van der Waals surface area contributed by atoms with Gasteiger partial charge in [-0.25, -0.2) is 0 Å². The van der Waals surface area contributed by atoms with E-state index in [4.69, 9.17) is 4.74 Å². The van der Waals surface area contributed by atoms with Crippen LogP contribution in [0, 0.1) is 0 Å². The zero-order valence-electron chi connectivity index (χ0n) is 11.1. The molecule has 0 saturated heterocycles. The van der Waals surface area contributed by atoms with Crippen molar-refractivity contribution in [1.29, 1.82) is 0 Å². The fourth-order valence-electron chi connectivity index (χ4n) is 2.82. The third kappa shape index (κ3) is 2.63. The van der Waals surface area contributed by atoms with E-state index in [0.29, 0.717) is 6.04 Å². The first-order valence-corrected chi connectivity index (χ1v) is 6.70. The van der Waals surface area contributed by atoms with E-state index in [-0.39, 0.29) is 5.60 Å². The number of ether oxygens (including phenoxy) is 1. The van der Waals surface area contributed by atoms with Gasteiger partial charge in [-0.1, -0.05) is 38.5 Å². The molecule has 2 unspecified atom stereocenters. The van der Waals surface area contributed by atoms with Gasteiger partial charge in [-0.3, -0.25) is 0 Å². The van der Waals surface area contributed by atoms with E-state index < -0.39 is 0 Å². The summed E-state index contributed by atoms with van der Waals surface area (Å²) >= 11 is 0. The molecule has 2 heteroatoms. The second-order valence-electron chi connectivity index (χ2n) is 5.15. The van der Waals surface area contributed by atoms with Gasteiger partial charge >= 0.3 is 0 Å². The number of fused-ring (bicyclic) bond motifs is 1. The van der Waals surface area contributed by atoms with Crippen LogP contribution < -0.4 is 10.1 Å². The van der Waals surface area contributed by atoms with Crippen molar-refractivity contribution in [2.24, 2.45) is 0 Å². The molecule has 1 aromatic carbocycles. The van der Waals surface area contributed by atoms with Crippen LogP contribution in [0.25, 0.3) is 0 Å². The lowest BCUT2D eigenvalue weighted by Crippen LogP contribution is -2.41. The number of nitrogens with one attached hydrogen (secondary N) is 1. The van der Waals surface area contributed by atoms with Gasteiger partial charge in [-0.2, -0.15) is 0 Å². The molecule has 0 bridgehead atoms. The van der Waals surface area contributed by atoms with Crippen molar-refractivity contribution in [1.82, 2.24) is 5.32 Å². The van der Waals surface area contributed by atoms with Crippen LogP contribution >= 0.6 is 0 Å². The SMILES string of the molecule is CCCC1(C)CC(NCC)c2ccccc2O1. The molecule has 1 aromatic rings. The lowest BCUT2D eigenvalue weighted by molar-refractivity contribution is 0.0393. The minimum absolute atomic E-state index is 0.0179. The molecule has 0 amide bonds. The predicted molar refractivity (Wildman–Crippen MR) is 71.4 cm³/mol. The van der Waals surface area contributed by atoms with Crippen LogP contribution in [0.15, 0.2) is 24.3 Å². The summed E-state index contributed by atoms with van der Waals surface area (Å²) in [5, 5.41) is 3.57. The van der Waals surface area contributed by atoms with Crippen LogP contribution in [0.1, 0.15) is 51.6 Å².